The van der Waals surface area contributed by atoms with E-state index in [9.17, 15) is 0 Å². The summed E-state index contributed by atoms with van der Waals surface area (Å²) in [7, 11) is 2.02. The van der Waals surface area contributed by atoms with Crippen molar-refractivity contribution in [2.75, 3.05) is 7.05 Å². The van der Waals surface area contributed by atoms with Crippen molar-refractivity contribution in [3.8, 4) is 11.8 Å². The minimum absolute atomic E-state index is 0.00799. The Balaban J connectivity index is 1.57. The van der Waals surface area contributed by atoms with E-state index in [2.05, 4.69) is 33.3 Å². The molecule has 1 heterocycles. The number of nitriles is 1. The molecule has 0 N–H and O–H groups in total. The molecular formula is C20H20N4O2. The highest BCUT2D eigenvalue weighted by molar-refractivity contribution is 5.34. The van der Waals surface area contributed by atoms with Crippen LogP contribution in [0.1, 0.15) is 35.9 Å². The van der Waals surface area contributed by atoms with Crippen molar-refractivity contribution in [1.29, 1.82) is 5.26 Å². The van der Waals surface area contributed by atoms with Crippen LogP contribution in [-0.4, -0.2) is 22.1 Å². The largest absolute Gasteiger partial charge is 0.484 e. The van der Waals surface area contributed by atoms with Gasteiger partial charge in [-0.1, -0.05) is 30.3 Å². The molecule has 2 aromatic carbocycles. The van der Waals surface area contributed by atoms with E-state index in [4.69, 9.17) is 14.4 Å². The predicted octanol–water partition coefficient (Wildman–Crippen LogP) is 3.71. The molecule has 1 atom stereocenters. The van der Waals surface area contributed by atoms with Gasteiger partial charge in [-0.3, -0.25) is 4.90 Å². The van der Waals surface area contributed by atoms with Crippen molar-refractivity contribution in [3.63, 3.8) is 0 Å². The second kappa shape index (κ2) is 8.28. The lowest BCUT2D eigenvalue weighted by molar-refractivity contribution is 0.203. The molecule has 1 aromatic heterocycles. The van der Waals surface area contributed by atoms with Gasteiger partial charge in [0, 0.05) is 6.54 Å². The Labute approximate surface area is 152 Å². The van der Waals surface area contributed by atoms with Crippen molar-refractivity contribution in [2.24, 2.45) is 0 Å². The maximum absolute atomic E-state index is 8.80. The molecule has 26 heavy (non-hydrogen) atoms. The minimum Gasteiger partial charge on any atom is -0.484 e. The maximum atomic E-state index is 8.80. The highest BCUT2D eigenvalue weighted by Crippen LogP contribution is 2.20. The van der Waals surface area contributed by atoms with Crippen molar-refractivity contribution >= 4 is 0 Å². The fraction of sp³-hybridized carbons (Fsp3) is 0.250. The zero-order chi connectivity index (χ0) is 18.4. The van der Waals surface area contributed by atoms with E-state index in [1.54, 1.807) is 24.3 Å². The zero-order valence-electron chi connectivity index (χ0n) is 14.8. The molecule has 0 spiro atoms. The second-order valence-corrected chi connectivity index (χ2v) is 6.04. The first kappa shape index (κ1) is 17.6. The van der Waals surface area contributed by atoms with Gasteiger partial charge in [0.05, 0.1) is 17.7 Å². The summed E-state index contributed by atoms with van der Waals surface area (Å²) < 4.78 is 11.4. The summed E-state index contributed by atoms with van der Waals surface area (Å²) in [6.45, 7) is 3.01. The summed E-state index contributed by atoms with van der Waals surface area (Å²) >= 11 is 0. The number of hydrogen-bond acceptors (Lipinski definition) is 6. The number of hydrogen-bond donors (Lipinski definition) is 0. The van der Waals surface area contributed by atoms with Gasteiger partial charge in [0.2, 0.25) is 5.89 Å². The fourth-order valence-electron chi connectivity index (χ4n) is 2.46. The minimum atomic E-state index is -0.00799. The summed E-state index contributed by atoms with van der Waals surface area (Å²) in [6.07, 6.45) is 0. The SMILES string of the molecule is C[C@H](c1nnc(COc2ccc(C#N)cc2)o1)N(C)Cc1ccccc1. The van der Waals surface area contributed by atoms with E-state index < -0.39 is 0 Å². The van der Waals surface area contributed by atoms with Crippen LogP contribution in [0.25, 0.3) is 0 Å². The Kier molecular flexibility index (Phi) is 5.62. The smallest absolute Gasteiger partial charge is 0.253 e. The van der Waals surface area contributed by atoms with Crippen LogP contribution in [0.2, 0.25) is 0 Å². The molecule has 0 saturated heterocycles. The number of benzene rings is 2. The molecule has 0 aliphatic heterocycles. The first-order valence-corrected chi connectivity index (χ1v) is 8.35. The van der Waals surface area contributed by atoms with Crippen LogP contribution >= 0.6 is 0 Å². The maximum Gasteiger partial charge on any atom is 0.253 e. The molecule has 0 saturated carbocycles. The number of nitrogens with zero attached hydrogens (tertiary/aromatic N) is 4. The Morgan fingerprint density at radius 2 is 1.85 bits per heavy atom. The first-order valence-electron chi connectivity index (χ1n) is 8.35. The molecule has 0 unspecified atom stereocenters. The molecule has 0 bridgehead atoms. The van der Waals surface area contributed by atoms with Gasteiger partial charge < -0.3 is 9.15 Å². The summed E-state index contributed by atoms with van der Waals surface area (Å²) in [5.41, 5.74) is 1.82. The molecule has 0 radical (unpaired) electrons. The second-order valence-electron chi connectivity index (χ2n) is 6.04. The van der Waals surface area contributed by atoms with Crippen molar-refractivity contribution in [1.82, 2.24) is 15.1 Å². The predicted molar refractivity (Wildman–Crippen MR) is 96.1 cm³/mol. The normalized spacial score (nSPS) is 11.9. The Morgan fingerprint density at radius 1 is 1.12 bits per heavy atom. The first-order chi connectivity index (χ1) is 12.7. The number of ether oxygens (including phenoxy) is 1. The lowest BCUT2D eigenvalue weighted by atomic mass is 10.2. The van der Waals surface area contributed by atoms with Gasteiger partial charge in [-0.25, -0.2) is 0 Å². The van der Waals surface area contributed by atoms with Gasteiger partial charge in [-0.05, 0) is 43.8 Å². The topological polar surface area (TPSA) is 75.2 Å². The van der Waals surface area contributed by atoms with Gasteiger partial charge >= 0.3 is 0 Å². The Morgan fingerprint density at radius 3 is 2.54 bits per heavy atom. The van der Waals surface area contributed by atoms with Crippen LogP contribution in [0, 0.1) is 11.3 Å². The van der Waals surface area contributed by atoms with E-state index in [0.29, 0.717) is 23.1 Å². The van der Waals surface area contributed by atoms with Crippen LogP contribution in [0.15, 0.2) is 59.0 Å². The van der Waals surface area contributed by atoms with Crippen molar-refractivity contribution < 1.29 is 9.15 Å². The third-order valence-electron chi connectivity index (χ3n) is 4.12. The molecular weight excluding hydrogens is 328 g/mol. The summed E-state index contributed by atoms with van der Waals surface area (Å²) in [5, 5.41) is 17.0. The standard InChI is InChI=1S/C20H20N4O2/c1-15(24(2)13-17-6-4-3-5-7-17)20-23-22-19(26-20)14-25-18-10-8-16(12-21)9-11-18/h3-11,15H,13-14H2,1-2H3/t15-/m1/s1. The average molecular weight is 348 g/mol. The van der Waals surface area contributed by atoms with Crippen LogP contribution in [0.5, 0.6) is 5.75 Å². The molecule has 132 valence electrons. The molecule has 0 aliphatic rings. The van der Waals surface area contributed by atoms with E-state index in [-0.39, 0.29) is 12.6 Å². The van der Waals surface area contributed by atoms with Crippen molar-refractivity contribution in [3.05, 3.63) is 77.5 Å². The third-order valence-corrected chi connectivity index (χ3v) is 4.12. The number of aromatic nitrogens is 2. The molecule has 0 aliphatic carbocycles. The molecule has 3 aromatic rings. The summed E-state index contributed by atoms with van der Waals surface area (Å²) in [6, 6.07) is 19.2. The zero-order valence-corrected chi connectivity index (χ0v) is 14.8. The molecule has 0 fully saturated rings. The average Bonchev–Trinajstić information content (AvgIpc) is 3.16. The molecule has 6 heteroatoms. The van der Waals surface area contributed by atoms with Crippen LogP contribution in [-0.2, 0) is 13.2 Å². The van der Waals surface area contributed by atoms with E-state index in [0.717, 1.165) is 6.54 Å². The fourth-order valence-corrected chi connectivity index (χ4v) is 2.46. The lowest BCUT2D eigenvalue weighted by Crippen LogP contribution is -2.22. The van der Waals surface area contributed by atoms with Gasteiger partial charge in [0.15, 0.2) is 6.61 Å². The van der Waals surface area contributed by atoms with Crippen LogP contribution in [0.4, 0.5) is 0 Å². The molecule has 3 rings (SSSR count). The van der Waals surface area contributed by atoms with E-state index in [1.807, 2.05) is 32.2 Å². The highest BCUT2D eigenvalue weighted by Gasteiger charge is 2.18. The Bertz CT molecular complexity index is 869. The lowest BCUT2D eigenvalue weighted by Gasteiger charge is -2.21. The molecule has 6 nitrogen and oxygen atoms in total. The van der Waals surface area contributed by atoms with E-state index >= 15 is 0 Å². The third kappa shape index (κ3) is 4.47. The van der Waals surface area contributed by atoms with Gasteiger partial charge in [-0.15, -0.1) is 10.2 Å². The quantitative estimate of drug-likeness (QED) is 0.648. The Hall–Kier alpha value is -3.17. The van der Waals surface area contributed by atoms with Gasteiger partial charge in [0.25, 0.3) is 5.89 Å². The van der Waals surface area contributed by atoms with Crippen LogP contribution < -0.4 is 4.74 Å². The molecule has 0 amide bonds. The van der Waals surface area contributed by atoms with Crippen molar-refractivity contribution in [2.45, 2.75) is 26.1 Å². The van der Waals surface area contributed by atoms with Gasteiger partial charge in [-0.2, -0.15) is 5.26 Å². The van der Waals surface area contributed by atoms with Crippen LogP contribution in [0.3, 0.4) is 0 Å². The monoisotopic (exact) mass is 348 g/mol. The van der Waals surface area contributed by atoms with E-state index in [1.165, 1.54) is 5.56 Å². The summed E-state index contributed by atoms with van der Waals surface area (Å²) in [5.74, 6) is 1.63. The van der Waals surface area contributed by atoms with Gasteiger partial charge in [0.1, 0.15) is 5.75 Å². The highest BCUT2D eigenvalue weighted by atomic mass is 16.5. The number of rotatable bonds is 7. The summed E-state index contributed by atoms with van der Waals surface area (Å²) in [4.78, 5) is 2.15.